The SMILES string of the molecule is O=C1CC(=O)N(Cc2ccc(-c3ccc4c(nnn4CC4CC4)c3C(F)(F)F)c(F)n2)C1. The fourth-order valence-electron chi connectivity index (χ4n) is 3.97. The van der Waals surface area contributed by atoms with Crippen molar-refractivity contribution >= 4 is 22.7 Å². The first kappa shape index (κ1) is 20.5. The summed E-state index contributed by atoms with van der Waals surface area (Å²) in [6.07, 6.45) is -2.99. The number of ketones is 1. The van der Waals surface area contributed by atoms with Gasteiger partial charge in [0.2, 0.25) is 11.9 Å². The minimum Gasteiger partial charge on any atom is -0.329 e. The van der Waals surface area contributed by atoms with Crippen molar-refractivity contribution in [2.45, 2.75) is 38.5 Å². The van der Waals surface area contributed by atoms with Crippen LogP contribution in [0.3, 0.4) is 0 Å². The van der Waals surface area contributed by atoms with Crippen LogP contribution in [0, 0.1) is 11.9 Å². The number of hydrogen-bond acceptors (Lipinski definition) is 5. The summed E-state index contributed by atoms with van der Waals surface area (Å²) >= 11 is 0. The minimum atomic E-state index is -4.79. The van der Waals surface area contributed by atoms with Crippen LogP contribution < -0.4 is 0 Å². The van der Waals surface area contributed by atoms with Gasteiger partial charge in [-0.15, -0.1) is 5.10 Å². The maximum absolute atomic E-state index is 14.8. The Morgan fingerprint density at radius 1 is 1.06 bits per heavy atom. The average Bonchev–Trinajstić information content (AvgIpc) is 3.36. The summed E-state index contributed by atoms with van der Waals surface area (Å²) in [5.41, 5.74) is -1.73. The summed E-state index contributed by atoms with van der Waals surface area (Å²) < 4.78 is 58.3. The van der Waals surface area contributed by atoms with Crippen molar-refractivity contribution in [1.82, 2.24) is 24.9 Å². The molecule has 2 aliphatic rings. The second kappa shape index (κ2) is 7.35. The minimum absolute atomic E-state index is 0.0880. The van der Waals surface area contributed by atoms with Gasteiger partial charge in [0.15, 0.2) is 5.78 Å². The number of hydrogen-bond donors (Lipinski definition) is 0. The Morgan fingerprint density at radius 2 is 1.81 bits per heavy atom. The molecule has 1 aliphatic heterocycles. The Kier molecular flexibility index (Phi) is 4.72. The molecule has 0 N–H and O–H groups in total. The number of fused-ring (bicyclic) bond motifs is 1. The highest BCUT2D eigenvalue weighted by atomic mass is 19.4. The van der Waals surface area contributed by atoms with E-state index in [0.717, 1.165) is 12.8 Å². The van der Waals surface area contributed by atoms with Gasteiger partial charge in [-0.05, 0) is 37.0 Å². The largest absolute Gasteiger partial charge is 0.419 e. The van der Waals surface area contributed by atoms with Crippen molar-refractivity contribution in [2.75, 3.05) is 6.54 Å². The molecule has 3 heterocycles. The summed E-state index contributed by atoms with van der Waals surface area (Å²) in [6.45, 7) is 0.313. The van der Waals surface area contributed by atoms with Gasteiger partial charge in [-0.2, -0.15) is 17.6 Å². The van der Waals surface area contributed by atoms with Gasteiger partial charge in [0.25, 0.3) is 0 Å². The first-order chi connectivity index (χ1) is 15.2. The zero-order valence-corrected chi connectivity index (χ0v) is 16.7. The Bertz CT molecular complexity index is 1250. The second-order valence-corrected chi connectivity index (χ2v) is 8.17. The van der Waals surface area contributed by atoms with Crippen molar-refractivity contribution in [2.24, 2.45) is 5.92 Å². The first-order valence-electron chi connectivity index (χ1n) is 10.1. The molecule has 1 saturated heterocycles. The van der Waals surface area contributed by atoms with Gasteiger partial charge in [0, 0.05) is 17.7 Å². The number of aromatic nitrogens is 4. The smallest absolute Gasteiger partial charge is 0.329 e. The van der Waals surface area contributed by atoms with E-state index < -0.39 is 17.7 Å². The number of Topliss-reactive ketones (excluding diaryl/α,β-unsaturated/α-hetero) is 1. The van der Waals surface area contributed by atoms with E-state index in [1.54, 1.807) is 0 Å². The third kappa shape index (κ3) is 3.71. The number of halogens is 4. The number of benzene rings is 1. The van der Waals surface area contributed by atoms with Gasteiger partial charge < -0.3 is 4.90 Å². The molecular formula is C21H17F4N5O2. The number of carbonyl (C=O) groups excluding carboxylic acids is 2. The lowest BCUT2D eigenvalue weighted by Gasteiger charge is -2.16. The maximum Gasteiger partial charge on any atom is 0.419 e. The number of alkyl halides is 3. The van der Waals surface area contributed by atoms with E-state index in [2.05, 4.69) is 15.3 Å². The molecule has 7 nitrogen and oxygen atoms in total. The standard InChI is InChI=1S/C21H17F4N5O2/c22-20-15(4-3-12(26-20)9-29-10-13(31)7-17(29)32)14-5-6-16-19(18(14)21(23,24)25)27-28-30(16)8-11-1-2-11/h3-6,11H,1-2,7-10H2. The van der Waals surface area contributed by atoms with Crippen LogP contribution >= 0.6 is 0 Å². The Labute approximate surface area is 179 Å². The molecule has 3 aromatic rings. The number of pyridine rings is 1. The molecule has 1 amide bonds. The molecule has 11 heteroatoms. The van der Waals surface area contributed by atoms with Crippen LogP contribution in [0.2, 0.25) is 0 Å². The lowest BCUT2D eigenvalue weighted by atomic mass is 9.98. The van der Waals surface area contributed by atoms with Crippen molar-refractivity contribution in [3.8, 4) is 11.1 Å². The third-order valence-electron chi connectivity index (χ3n) is 5.72. The van der Waals surface area contributed by atoms with Gasteiger partial charge in [-0.25, -0.2) is 9.67 Å². The highest BCUT2D eigenvalue weighted by molar-refractivity contribution is 6.05. The second-order valence-electron chi connectivity index (χ2n) is 8.17. The zero-order valence-electron chi connectivity index (χ0n) is 16.7. The van der Waals surface area contributed by atoms with E-state index in [0.29, 0.717) is 12.5 Å². The maximum atomic E-state index is 14.8. The van der Waals surface area contributed by atoms with Crippen LogP contribution in [0.5, 0.6) is 0 Å². The number of carbonyl (C=O) groups is 2. The van der Waals surface area contributed by atoms with Crippen LogP contribution in [-0.4, -0.2) is 43.1 Å². The summed E-state index contributed by atoms with van der Waals surface area (Å²) in [7, 11) is 0. The van der Waals surface area contributed by atoms with Crippen LogP contribution in [0.1, 0.15) is 30.5 Å². The summed E-state index contributed by atoms with van der Waals surface area (Å²) in [4.78, 5) is 28.1. The van der Waals surface area contributed by atoms with E-state index in [-0.39, 0.29) is 59.1 Å². The van der Waals surface area contributed by atoms with Crippen molar-refractivity contribution in [3.63, 3.8) is 0 Å². The molecule has 0 atom stereocenters. The Balaban J connectivity index is 1.53. The van der Waals surface area contributed by atoms with Crippen LogP contribution in [0.25, 0.3) is 22.2 Å². The van der Waals surface area contributed by atoms with Crippen LogP contribution in [0.4, 0.5) is 17.6 Å². The molecule has 0 unspecified atom stereocenters. The van der Waals surface area contributed by atoms with Crippen molar-refractivity contribution in [1.29, 1.82) is 0 Å². The molecule has 1 saturated carbocycles. The summed E-state index contributed by atoms with van der Waals surface area (Å²) in [5, 5.41) is 7.64. The van der Waals surface area contributed by atoms with Gasteiger partial charge in [-0.1, -0.05) is 11.3 Å². The van der Waals surface area contributed by atoms with E-state index >= 15 is 0 Å². The molecule has 32 heavy (non-hydrogen) atoms. The third-order valence-corrected chi connectivity index (χ3v) is 5.72. The predicted octanol–water partition coefficient (Wildman–Crippen LogP) is 3.36. The van der Waals surface area contributed by atoms with E-state index in [1.807, 2.05) is 0 Å². The predicted molar refractivity (Wildman–Crippen MR) is 103 cm³/mol. The summed E-state index contributed by atoms with van der Waals surface area (Å²) in [5.74, 6) is -1.35. The lowest BCUT2D eigenvalue weighted by Crippen LogP contribution is -2.25. The number of likely N-dealkylation sites (tertiary alicyclic amines) is 1. The Hall–Kier alpha value is -3.37. The van der Waals surface area contributed by atoms with Gasteiger partial charge in [0.05, 0.1) is 36.3 Å². The first-order valence-corrected chi connectivity index (χ1v) is 10.1. The normalized spacial score (nSPS) is 17.1. The van der Waals surface area contributed by atoms with E-state index in [9.17, 15) is 27.2 Å². The van der Waals surface area contributed by atoms with Gasteiger partial charge >= 0.3 is 6.18 Å². The van der Waals surface area contributed by atoms with Gasteiger partial charge in [0.1, 0.15) is 5.52 Å². The highest BCUT2D eigenvalue weighted by Crippen LogP contribution is 2.42. The van der Waals surface area contributed by atoms with Crippen molar-refractivity contribution in [3.05, 3.63) is 41.5 Å². The van der Waals surface area contributed by atoms with E-state index in [4.69, 9.17) is 0 Å². The monoisotopic (exact) mass is 447 g/mol. The van der Waals surface area contributed by atoms with Crippen molar-refractivity contribution < 1.29 is 27.2 Å². The molecule has 0 bridgehead atoms. The molecule has 2 aromatic heterocycles. The van der Waals surface area contributed by atoms with Gasteiger partial charge in [-0.3, -0.25) is 9.59 Å². The molecule has 166 valence electrons. The van der Waals surface area contributed by atoms with Crippen LogP contribution in [-0.2, 0) is 28.9 Å². The average molecular weight is 447 g/mol. The van der Waals surface area contributed by atoms with E-state index in [1.165, 1.54) is 33.8 Å². The molecule has 2 fully saturated rings. The molecular weight excluding hydrogens is 430 g/mol. The molecule has 1 aromatic carbocycles. The number of nitrogens with zero attached hydrogens (tertiary/aromatic N) is 5. The highest BCUT2D eigenvalue weighted by Gasteiger charge is 2.38. The zero-order chi connectivity index (χ0) is 22.6. The van der Waals surface area contributed by atoms with Crippen LogP contribution in [0.15, 0.2) is 24.3 Å². The number of rotatable bonds is 5. The molecule has 5 rings (SSSR count). The molecule has 0 radical (unpaired) electrons. The summed E-state index contributed by atoms with van der Waals surface area (Å²) in [6, 6.07) is 5.22. The topological polar surface area (TPSA) is 81.0 Å². The fourth-order valence-corrected chi connectivity index (χ4v) is 3.97. The quantitative estimate of drug-likeness (QED) is 0.340. The molecule has 0 spiro atoms. The fraction of sp³-hybridized carbons (Fsp3) is 0.381. The Morgan fingerprint density at radius 3 is 2.44 bits per heavy atom. The molecule has 1 aliphatic carbocycles. The number of amides is 1. The lowest BCUT2D eigenvalue weighted by molar-refractivity contribution is -0.136.